The number of piperidine rings is 1. The maximum atomic E-state index is 12.8. The van der Waals surface area contributed by atoms with Crippen LogP contribution in [0.15, 0.2) is 0 Å². The molecule has 2 heterocycles. The number of thioether (sulfide) groups is 1. The highest BCUT2D eigenvalue weighted by atomic mass is 32.2. The molecule has 122 valence electrons. The van der Waals surface area contributed by atoms with Crippen LogP contribution in [0.4, 0.5) is 0 Å². The number of unbranched alkanes of at least 4 members (excludes halogenated alkanes) is 1. The van der Waals surface area contributed by atoms with E-state index in [0.717, 1.165) is 25.0 Å². The molecule has 0 aromatic rings. The highest BCUT2D eigenvalue weighted by molar-refractivity contribution is 8.03. The number of rotatable bonds is 5. The van der Waals surface area contributed by atoms with E-state index in [4.69, 9.17) is 5.26 Å². The molecule has 2 aliphatic heterocycles. The number of carbonyl (C=O) groups excluding carboxylic acids is 1. The van der Waals surface area contributed by atoms with Gasteiger partial charge in [0.05, 0.1) is 0 Å². The van der Waals surface area contributed by atoms with Gasteiger partial charge >= 0.3 is 0 Å². The van der Waals surface area contributed by atoms with Gasteiger partial charge in [0.25, 0.3) is 0 Å². The highest BCUT2D eigenvalue weighted by Gasteiger charge is 2.58. The van der Waals surface area contributed by atoms with Crippen LogP contribution in [0, 0.1) is 16.6 Å². The lowest BCUT2D eigenvalue weighted by atomic mass is 9.65. The number of nitrogens with zero attached hydrogens (tertiary/aromatic N) is 2. The van der Waals surface area contributed by atoms with E-state index in [1.165, 1.54) is 56.7 Å². The van der Waals surface area contributed by atoms with Gasteiger partial charge in [-0.2, -0.15) is 5.26 Å². The number of Topliss-reactive ketones (excluding diaryl/α,β-unsaturated/α-hetero) is 1. The van der Waals surface area contributed by atoms with Crippen molar-refractivity contribution in [3.05, 3.63) is 0 Å². The first kappa shape index (κ1) is 16.3. The van der Waals surface area contributed by atoms with Crippen LogP contribution in [0.3, 0.4) is 0 Å². The zero-order valence-corrected chi connectivity index (χ0v) is 14.5. The van der Waals surface area contributed by atoms with Crippen LogP contribution in [0.5, 0.6) is 0 Å². The minimum Gasteiger partial charge on any atom is -0.299 e. The Kier molecular flexibility index (Phi) is 5.14. The zero-order valence-electron chi connectivity index (χ0n) is 13.7. The topological polar surface area (TPSA) is 44.1 Å². The van der Waals surface area contributed by atoms with Crippen LogP contribution in [0.1, 0.15) is 71.1 Å². The van der Waals surface area contributed by atoms with Crippen LogP contribution in [0.2, 0.25) is 0 Å². The molecule has 3 rings (SSSR count). The molecule has 0 aromatic heterocycles. The Bertz CT molecular complexity index is 460. The number of carbonyl (C=O) groups is 1. The van der Waals surface area contributed by atoms with Crippen LogP contribution in [0.25, 0.3) is 0 Å². The van der Waals surface area contributed by atoms with Crippen LogP contribution in [-0.2, 0) is 4.79 Å². The average Bonchev–Trinajstić information content (AvgIpc) is 2.89. The van der Waals surface area contributed by atoms with Crippen molar-refractivity contribution in [2.45, 2.75) is 88.8 Å². The maximum Gasteiger partial charge on any atom is 0.139 e. The van der Waals surface area contributed by atoms with Gasteiger partial charge in [0.15, 0.2) is 0 Å². The molecule has 3 fully saturated rings. The lowest BCUT2D eigenvalue weighted by molar-refractivity contribution is -0.142. The maximum absolute atomic E-state index is 12.8. The fourth-order valence-corrected chi connectivity index (χ4v) is 6.05. The largest absolute Gasteiger partial charge is 0.299 e. The standard InChI is InChI=1S/C18H28N2OS/c1-2-3-6-14-11-17(21)16-7-4-5-9-18(16)10-8-15(20(14)18)12-22-13-19/h14-16H,2-12H2,1H3/t14-,15+,16+,18+/m0/s1. The summed E-state index contributed by atoms with van der Waals surface area (Å²) in [6.45, 7) is 2.23. The molecule has 0 N–H and O–H groups in total. The van der Waals surface area contributed by atoms with Crippen molar-refractivity contribution in [3.63, 3.8) is 0 Å². The lowest BCUT2D eigenvalue weighted by Crippen LogP contribution is -2.64. The normalized spacial score (nSPS) is 38.4. The number of thiocyanates is 1. The van der Waals surface area contributed by atoms with E-state index in [-0.39, 0.29) is 11.5 Å². The summed E-state index contributed by atoms with van der Waals surface area (Å²) in [5.74, 6) is 1.75. The molecule has 0 amide bonds. The Labute approximate surface area is 138 Å². The van der Waals surface area contributed by atoms with Crippen LogP contribution in [-0.4, -0.2) is 34.1 Å². The quantitative estimate of drug-likeness (QED) is 0.715. The third kappa shape index (κ3) is 2.71. The number of ketones is 1. The van der Waals surface area contributed by atoms with E-state index in [0.29, 0.717) is 17.9 Å². The molecular weight excluding hydrogens is 292 g/mol. The first-order valence-electron chi connectivity index (χ1n) is 9.05. The molecule has 1 aliphatic carbocycles. The fraction of sp³-hybridized carbons (Fsp3) is 0.889. The minimum absolute atomic E-state index is 0.159. The fourth-order valence-electron chi connectivity index (χ4n) is 5.45. The van der Waals surface area contributed by atoms with Crippen LogP contribution < -0.4 is 0 Å². The third-order valence-corrected chi connectivity index (χ3v) is 6.95. The second kappa shape index (κ2) is 6.93. The molecule has 0 bridgehead atoms. The Hall–Kier alpha value is -0.530. The van der Waals surface area contributed by atoms with Crippen molar-refractivity contribution in [2.24, 2.45) is 5.92 Å². The van der Waals surface area contributed by atoms with Crippen molar-refractivity contribution >= 4 is 17.5 Å². The van der Waals surface area contributed by atoms with Gasteiger partial charge in [-0.3, -0.25) is 9.69 Å². The predicted molar refractivity (Wildman–Crippen MR) is 90.6 cm³/mol. The number of hydrogen-bond acceptors (Lipinski definition) is 4. The molecule has 0 aromatic carbocycles. The summed E-state index contributed by atoms with van der Waals surface area (Å²) in [5.41, 5.74) is 0.159. The monoisotopic (exact) mass is 320 g/mol. The predicted octanol–water partition coefficient (Wildman–Crippen LogP) is 4.13. The molecule has 1 spiro atoms. The summed E-state index contributed by atoms with van der Waals surface area (Å²) in [7, 11) is 0. The third-order valence-electron chi connectivity index (χ3n) is 6.27. The second-order valence-electron chi connectivity index (χ2n) is 7.37. The summed E-state index contributed by atoms with van der Waals surface area (Å²) in [4.78, 5) is 15.5. The highest BCUT2D eigenvalue weighted by Crippen LogP contribution is 2.53. The van der Waals surface area contributed by atoms with Gasteiger partial charge in [0.2, 0.25) is 0 Å². The number of nitriles is 1. The molecule has 1 saturated carbocycles. The molecular formula is C18H28N2OS. The van der Waals surface area contributed by atoms with E-state index in [9.17, 15) is 4.79 Å². The molecule has 4 heteroatoms. The van der Waals surface area contributed by atoms with Crippen LogP contribution >= 0.6 is 11.8 Å². The van der Waals surface area contributed by atoms with E-state index in [1.54, 1.807) is 0 Å². The second-order valence-corrected chi connectivity index (χ2v) is 8.18. The van der Waals surface area contributed by atoms with Crippen molar-refractivity contribution in [2.75, 3.05) is 5.75 Å². The Morgan fingerprint density at radius 1 is 1.32 bits per heavy atom. The molecule has 2 saturated heterocycles. The first-order valence-corrected chi connectivity index (χ1v) is 10.0. The summed E-state index contributed by atoms with van der Waals surface area (Å²) in [5, 5.41) is 11.2. The van der Waals surface area contributed by atoms with Crippen molar-refractivity contribution < 1.29 is 4.79 Å². The van der Waals surface area contributed by atoms with Gasteiger partial charge < -0.3 is 0 Å². The number of hydrogen-bond donors (Lipinski definition) is 0. The SMILES string of the molecule is CCCC[C@H]1CC(=O)[C@H]2CCCC[C@@]23CC[C@H](CSC#N)N13. The minimum atomic E-state index is 0.159. The molecule has 4 atom stereocenters. The van der Waals surface area contributed by atoms with Gasteiger partial charge in [-0.05, 0) is 43.9 Å². The van der Waals surface area contributed by atoms with E-state index < -0.39 is 0 Å². The van der Waals surface area contributed by atoms with E-state index in [2.05, 4.69) is 17.2 Å². The van der Waals surface area contributed by atoms with Crippen molar-refractivity contribution in [1.82, 2.24) is 4.90 Å². The van der Waals surface area contributed by atoms with Crippen molar-refractivity contribution in [1.29, 1.82) is 5.26 Å². The summed E-state index contributed by atoms with van der Waals surface area (Å²) in [6, 6.07) is 0.953. The van der Waals surface area contributed by atoms with Gasteiger partial charge in [-0.1, -0.05) is 32.6 Å². The molecule has 0 unspecified atom stereocenters. The molecule has 3 aliphatic rings. The summed E-state index contributed by atoms with van der Waals surface area (Å²) < 4.78 is 0. The Morgan fingerprint density at radius 3 is 2.95 bits per heavy atom. The summed E-state index contributed by atoms with van der Waals surface area (Å²) in [6.07, 6.45) is 11.5. The zero-order chi connectivity index (χ0) is 15.6. The Morgan fingerprint density at radius 2 is 2.18 bits per heavy atom. The van der Waals surface area contributed by atoms with Gasteiger partial charge in [-0.25, -0.2) is 0 Å². The Balaban J connectivity index is 1.87. The molecule has 3 nitrogen and oxygen atoms in total. The summed E-state index contributed by atoms with van der Waals surface area (Å²) >= 11 is 1.40. The van der Waals surface area contributed by atoms with E-state index >= 15 is 0 Å². The molecule has 0 radical (unpaired) electrons. The van der Waals surface area contributed by atoms with Gasteiger partial charge in [0.1, 0.15) is 11.2 Å². The first-order chi connectivity index (χ1) is 10.7. The average molecular weight is 321 g/mol. The van der Waals surface area contributed by atoms with E-state index in [1.807, 2.05) is 0 Å². The molecule has 22 heavy (non-hydrogen) atoms. The van der Waals surface area contributed by atoms with Crippen molar-refractivity contribution in [3.8, 4) is 5.40 Å². The van der Waals surface area contributed by atoms with Gasteiger partial charge in [0, 0.05) is 35.7 Å². The smallest absolute Gasteiger partial charge is 0.139 e. The van der Waals surface area contributed by atoms with Gasteiger partial charge in [-0.15, -0.1) is 0 Å². The lowest BCUT2D eigenvalue weighted by Gasteiger charge is -2.55.